The minimum Gasteiger partial charge on any atom is -0.451 e. The van der Waals surface area contributed by atoms with Crippen molar-refractivity contribution in [1.82, 2.24) is 4.90 Å². The predicted octanol–water partition coefficient (Wildman–Crippen LogP) is 2.54. The van der Waals surface area contributed by atoms with Gasteiger partial charge in [0.1, 0.15) is 5.58 Å². The topological polar surface area (TPSA) is 51.9 Å². The molecule has 118 valence electrons. The Hall–Kier alpha value is -1.85. The van der Waals surface area contributed by atoms with Gasteiger partial charge in [-0.2, -0.15) is 0 Å². The number of benzene rings is 1. The predicted molar refractivity (Wildman–Crippen MR) is 83.2 cm³/mol. The number of hydrogen-bond donors (Lipinski definition) is 0. The van der Waals surface area contributed by atoms with Gasteiger partial charge in [0.15, 0.2) is 5.76 Å². The fourth-order valence-corrected chi connectivity index (χ4v) is 2.74. The van der Waals surface area contributed by atoms with Crippen molar-refractivity contribution in [2.45, 2.75) is 20.0 Å². The third kappa shape index (κ3) is 2.87. The van der Waals surface area contributed by atoms with Crippen LogP contribution in [0.15, 0.2) is 22.6 Å². The van der Waals surface area contributed by atoms with E-state index in [0.29, 0.717) is 32.1 Å². The van der Waals surface area contributed by atoms with E-state index in [2.05, 4.69) is 0 Å². The highest BCUT2D eigenvalue weighted by atomic mass is 16.6. The summed E-state index contributed by atoms with van der Waals surface area (Å²) in [6.07, 6.45) is -0.0744. The average molecular weight is 303 g/mol. The molecule has 1 aromatic carbocycles. The van der Waals surface area contributed by atoms with Crippen LogP contribution in [0.1, 0.15) is 21.7 Å². The summed E-state index contributed by atoms with van der Waals surface area (Å²) in [6, 6.07) is 5.98. The van der Waals surface area contributed by atoms with Crippen molar-refractivity contribution < 1.29 is 18.7 Å². The molecule has 0 spiro atoms. The largest absolute Gasteiger partial charge is 0.451 e. The Labute approximate surface area is 129 Å². The summed E-state index contributed by atoms with van der Waals surface area (Å²) in [5, 5.41) is 0.986. The highest BCUT2D eigenvalue weighted by Gasteiger charge is 2.24. The summed E-state index contributed by atoms with van der Waals surface area (Å²) >= 11 is 0. The molecular weight excluding hydrogens is 282 g/mol. The lowest BCUT2D eigenvalue weighted by molar-refractivity contribution is -0.0934. The fraction of sp³-hybridized carbons (Fsp3) is 0.471. The second-order valence-corrected chi connectivity index (χ2v) is 5.81. The number of furan rings is 1. The molecule has 3 rings (SSSR count). The number of nitrogens with zero attached hydrogens (tertiary/aromatic N) is 1. The Morgan fingerprint density at radius 1 is 1.32 bits per heavy atom. The van der Waals surface area contributed by atoms with Crippen molar-refractivity contribution in [3.8, 4) is 0 Å². The number of carbonyl (C=O) groups excluding carboxylic acids is 1. The molecule has 0 bridgehead atoms. The summed E-state index contributed by atoms with van der Waals surface area (Å²) in [5.74, 6) is 0.278. The molecule has 1 fully saturated rings. The first-order valence-electron chi connectivity index (χ1n) is 7.51. The number of aryl methyl sites for hydroxylation is 2. The quantitative estimate of drug-likeness (QED) is 0.874. The summed E-state index contributed by atoms with van der Waals surface area (Å²) in [5.41, 5.74) is 2.75. The van der Waals surface area contributed by atoms with Crippen LogP contribution in [0.25, 0.3) is 11.0 Å². The molecule has 0 radical (unpaired) electrons. The maximum absolute atomic E-state index is 12.6. The van der Waals surface area contributed by atoms with Crippen LogP contribution in [-0.2, 0) is 9.47 Å². The van der Waals surface area contributed by atoms with Gasteiger partial charge in [-0.1, -0.05) is 12.1 Å². The van der Waals surface area contributed by atoms with Crippen molar-refractivity contribution in [2.24, 2.45) is 0 Å². The van der Waals surface area contributed by atoms with Crippen LogP contribution in [0.4, 0.5) is 0 Å². The average Bonchev–Trinajstić information content (AvgIpc) is 2.83. The monoisotopic (exact) mass is 303 g/mol. The summed E-state index contributed by atoms with van der Waals surface area (Å²) in [7, 11) is 1.76. The Bertz CT molecular complexity index is 685. The van der Waals surface area contributed by atoms with Gasteiger partial charge >= 0.3 is 0 Å². The smallest absolute Gasteiger partial charge is 0.289 e. The van der Waals surface area contributed by atoms with Crippen molar-refractivity contribution in [2.75, 3.05) is 33.4 Å². The number of amides is 1. The van der Waals surface area contributed by atoms with Gasteiger partial charge in [-0.3, -0.25) is 4.79 Å². The van der Waals surface area contributed by atoms with Crippen molar-refractivity contribution in [3.63, 3.8) is 0 Å². The number of rotatable bonds is 3. The van der Waals surface area contributed by atoms with Gasteiger partial charge in [0.2, 0.25) is 0 Å². The molecule has 1 aliphatic rings. The first kappa shape index (κ1) is 15.1. The molecule has 1 saturated heterocycles. The summed E-state index contributed by atoms with van der Waals surface area (Å²) < 4.78 is 16.7. The molecule has 0 N–H and O–H groups in total. The molecule has 1 unspecified atom stereocenters. The molecule has 1 atom stereocenters. The van der Waals surface area contributed by atoms with Gasteiger partial charge < -0.3 is 18.8 Å². The van der Waals surface area contributed by atoms with Crippen LogP contribution in [0.3, 0.4) is 0 Å². The molecule has 1 amide bonds. The van der Waals surface area contributed by atoms with Crippen molar-refractivity contribution >= 4 is 16.9 Å². The van der Waals surface area contributed by atoms with Gasteiger partial charge in [0, 0.05) is 24.5 Å². The van der Waals surface area contributed by atoms with Gasteiger partial charge in [-0.15, -0.1) is 0 Å². The molecule has 0 aliphatic carbocycles. The molecule has 2 aromatic rings. The second kappa shape index (κ2) is 6.10. The number of carbonyl (C=O) groups is 1. The van der Waals surface area contributed by atoms with Crippen LogP contribution in [-0.4, -0.2) is 50.3 Å². The van der Waals surface area contributed by atoms with E-state index < -0.39 is 0 Å². The van der Waals surface area contributed by atoms with Crippen LogP contribution in [0, 0.1) is 13.8 Å². The summed E-state index contributed by atoms with van der Waals surface area (Å²) in [6.45, 7) is 6.14. The molecule has 22 heavy (non-hydrogen) atoms. The highest BCUT2D eigenvalue weighted by molar-refractivity contribution is 5.98. The molecule has 1 aromatic heterocycles. The normalized spacial score (nSPS) is 18.6. The fourth-order valence-electron chi connectivity index (χ4n) is 2.74. The maximum atomic E-state index is 12.6. The van der Waals surface area contributed by atoms with Crippen LogP contribution in [0.5, 0.6) is 0 Å². The zero-order chi connectivity index (χ0) is 15.7. The number of likely N-dealkylation sites (N-methyl/N-ethyl adjacent to an activating group) is 1. The molecule has 1 aliphatic heterocycles. The molecular formula is C17H21NO4. The first-order chi connectivity index (χ1) is 10.6. The highest BCUT2D eigenvalue weighted by Crippen LogP contribution is 2.27. The van der Waals surface area contributed by atoms with Gasteiger partial charge in [-0.05, 0) is 25.5 Å². The molecule has 0 saturated carbocycles. The standard InChI is InChI=1S/C17H21NO4/c1-11-4-5-14-12(2)16(22-15(14)8-11)17(19)18(3)9-13-10-20-6-7-21-13/h4-5,8,13H,6-7,9-10H2,1-3H3. The van der Waals surface area contributed by atoms with Crippen LogP contribution < -0.4 is 0 Å². The molecule has 2 heterocycles. The van der Waals surface area contributed by atoms with Gasteiger partial charge in [-0.25, -0.2) is 0 Å². The first-order valence-corrected chi connectivity index (χ1v) is 7.51. The SMILES string of the molecule is Cc1ccc2c(C)c(C(=O)N(C)CC3COCCO3)oc2c1. The Kier molecular flexibility index (Phi) is 4.18. The zero-order valence-electron chi connectivity index (χ0n) is 13.2. The zero-order valence-corrected chi connectivity index (χ0v) is 13.2. The minimum atomic E-state index is -0.125. The Balaban J connectivity index is 1.80. The lowest BCUT2D eigenvalue weighted by Crippen LogP contribution is -2.40. The van der Waals surface area contributed by atoms with E-state index in [1.807, 2.05) is 32.0 Å². The lowest BCUT2D eigenvalue weighted by Gasteiger charge is -2.27. The van der Waals surface area contributed by atoms with E-state index in [9.17, 15) is 4.79 Å². The molecule has 5 heteroatoms. The van der Waals surface area contributed by atoms with Crippen LogP contribution >= 0.6 is 0 Å². The Morgan fingerprint density at radius 2 is 2.14 bits per heavy atom. The van der Waals surface area contributed by atoms with Gasteiger partial charge in [0.25, 0.3) is 5.91 Å². The van der Waals surface area contributed by atoms with E-state index in [1.54, 1.807) is 11.9 Å². The third-order valence-corrected chi connectivity index (χ3v) is 4.00. The maximum Gasteiger partial charge on any atom is 0.289 e. The van der Waals surface area contributed by atoms with E-state index >= 15 is 0 Å². The van der Waals surface area contributed by atoms with E-state index in [-0.39, 0.29) is 12.0 Å². The van der Waals surface area contributed by atoms with E-state index in [0.717, 1.165) is 22.1 Å². The van der Waals surface area contributed by atoms with E-state index in [1.165, 1.54) is 0 Å². The van der Waals surface area contributed by atoms with E-state index in [4.69, 9.17) is 13.9 Å². The number of fused-ring (bicyclic) bond motifs is 1. The van der Waals surface area contributed by atoms with Crippen LogP contribution in [0.2, 0.25) is 0 Å². The summed E-state index contributed by atoms with van der Waals surface area (Å²) in [4.78, 5) is 14.3. The third-order valence-electron chi connectivity index (χ3n) is 4.00. The Morgan fingerprint density at radius 3 is 2.86 bits per heavy atom. The van der Waals surface area contributed by atoms with Gasteiger partial charge in [0.05, 0.1) is 25.9 Å². The van der Waals surface area contributed by atoms with Crippen molar-refractivity contribution in [1.29, 1.82) is 0 Å². The minimum absolute atomic E-state index is 0.0744. The second-order valence-electron chi connectivity index (χ2n) is 5.81. The number of ether oxygens (including phenoxy) is 2. The number of hydrogen-bond acceptors (Lipinski definition) is 4. The molecule has 5 nitrogen and oxygen atoms in total. The van der Waals surface area contributed by atoms with Crippen molar-refractivity contribution in [3.05, 3.63) is 35.1 Å². The lowest BCUT2D eigenvalue weighted by atomic mass is 10.1.